The summed E-state index contributed by atoms with van der Waals surface area (Å²) < 4.78 is 45.5. The molecular formula is C15H18F3NO. The summed E-state index contributed by atoms with van der Waals surface area (Å²) in [5, 5.41) is 2.82. The largest absolute Gasteiger partial charge is 0.380 e. The second-order valence-electron chi connectivity index (χ2n) is 5.80. The molecule has 1 atom stereocenters. The Morgan fingerprint density at radius 3 is 2.50 bits per heavy atom. The molecule has 20 heavy (non-hydrogen) atoms. The molecule has 1 spiro atoms. The van der Waals surface area contributed by atoms with Gasteiger partial charge in [0, 0.05) is 18.7 Å². The molecule has 1 saturated carbocycles. The summed E-state index contributed by atoms with van der Waals surface area (Å²) in [5.41, 5.74) is 0.0127. The minimum Gasteiger partial charge on any atom is -0.380 e. The van der Waals surface area contributed by atoms with Crippen LogP contribution >= 0.6 is 0 Å². The lowest BCUT2D eigenvalue weighted by molar-refractivity contribution is -0.0307. The zero-order valence-corrected chi connectivity index (χ0v) is 11.2. The van der Waals surface area contributed by atoms with Crippen molar-refractivity contribution in [3.63, 3.8) is 0 Å². The fourth-order valence-electron chi connectivity index (χ4n) is 3.31. The average molecular weight is 285 g/mol. The Kier molecular flexibility index (Phi) is 3.63. The van der Waals surface area contributed by atoms with Gasteiger partial charge in [-0.15, -0.1) is 0 Å². The Bertz CT molecular complexity index is 500. The number of halogens is 3. The normalized spacial score (nSPS) is 24.4. The fraction of sp³-hybridized carbons (Fsp3) is 0.600. The van der Waals surface area contributed by atoms with Crippen LogP contribution in [0.15, 0.2) is 12.1 Å². The molecule has 1 aromatic rings. The van der Waals surface area contributed by atoms with Gasteiger partial charge in [-0.25, -0.2) is 13.2 Å². The zero-order chi connectivity index (χ0) is 14.2. The summed E-state index contributed by atoms with van der Waals surface area (Å²) in [4.78, 5) is 0. The lowest BCUT2D eigenvalue weighted by Gasteiger charge is -2.24. The molecule has 0 amide bonds. The van der Waals surface area contributed by atoms with Gasteiger partial charge in [-0.2, -0.15) is 0 Å². The van der Waals surface area contributed by atoms with Crippen molar-refractivity contribution in [1.82, 2.24) is 0 Å². The van der Waals surface area contributed by atoms with E-state index in [1.165, 1.54) is 12.8 Å². The summed E-state index contributed by atoms with van der Waals surface area (Å²) in [6.45, 7) is 0.420. The Balaban J connectivity index is 1.59. The SMILES string of the molecule is Fc1cc(F)c(NCC2CCC3(CCCC3)O2)cc1F. The molecule has 1 aromatic carbocycles. The second kappa shape index (κ2) is 5.28. The van der Waals surface area contributed by atoms with E-state index in [9.17, 15) is 13.2 Å². The monoisotopic (exact) mass is 285 g/mol. The number of hydrogen-bond acceptors (Lipinski definition) is 2. The molecule has 1 aliphatic carbocycles. The van der Waals surface area contributed by atoms with E-state index in [-0.39, 0.29) is 17.4 Å². The first-order chi connectivity index (χ1) is 9.58. The van der Waals surface area contributed by atoms with Crippen LogP contribution in [0.25, 0.3) is 0 Å². The van der Waals surface area contributed by atoms with Crippen LogP contribution in [-0.2, 0) is 4.74 Å². The van der Waals surface area contributed by atoms with E-state index in [1.54, 1.807) is 0 Å². The molecule has 1 saturated heterocycles. The summed E-state index contributed by atoms with van der Waals surface area (Å²) in [5.74, 6) is -3.00. The van der Waals surface area contributed by atoms with Crippen molar-refractivity contribution in [3.8, 4) is 0 Å². The first kappa shape index (κ1) is 13.7. The van der Waals surface area contributed by atoms with Crippen LogP contribution in [0.4, 0.5) is 18.9 Å². The molecule has 110 valence electrons. The highest BCUT2D eigenvalue weighted by molar-refractivity contribution is 5.45. The number of ether oxygens (including phenoxy) is 1. The molecule has 2 fully saturated rings. The lowest BCUT2D eigenvalue weighted by atomic mass is 9.98. The van der Waals surface area contributed by atoms with E-state index in [1.807, 2.05) is 0 Å². The molecule has 1 aliphatic heterocycles. The third kappa shape index (κ3) is 2.64. The highest BCUT2D eigenvalue weighted by atomic mass is 19.2. The van der Waals surface area contributed by atoms with E-state index in [0.29, 0.717) is 12.6 Å². The summed E-state index contributed by atoms with van der Waals surface area (Å²) >= 11 is 0. The van der Waals surface area contributed by atoms with Crippen LogP contribution < -0.4 is 5.32 Å². The molecule has 1 heterocycles. The minimum atomic E-state index is -1.17. The number of hydrogen-bond donors (Lipinski definition) is 1. The van der Waals surface area contributed by atoms with Crippen molar-refractivity contribution in [1.29, 1.82) is 0 Å². The van der Waals surface area contributed by atoms with E-state index < -0.39 is 17.5 Å². The van der Waals surface area contributed by atoms with Gasteiger partial charge in [0.25, 0.3) is 0 Å². The Morgan fingerprint density at radius 2 is 1.75 bits per heavy atom. The van der Waals surface area contributed by atoms with Crippen molar-refractivity contribution < 1.29 is 17.9 Å². The van der Waals surface area contributed by atoms with Gasteiger partial charge < -0.3 is 10.1 Å². The predicted molar refractivity (Wildman–Crippen MR) is 70.1 cm³/mol. The van der Waals surface area contributed by atoms with Gasteiger partial charge in [0.15, 0.2) is 11.6 Å². The highest BCUT2D eigenvalue weighted by Gasteiger charge is 2.41. The first-order valence-corrected chi connectivity index (χ1v) is 7.14. The van der Waals surface area contributed by atoms with Crippen LogP contribution in [0.3, 0.4) is 0 Å². The predicted octanol–water partition coefficient (Wildman–Crippen LogP) is 4.01. The van der Waals surface area contributed by atoms with Gasteiger partial charge in [-0.3, -0.25) is 0 Å². The Morgan fingerprint density at radius 1 is 1.05 bits per heavy atom. The van der Waals surface area contributed by atoms with Gasteiger partial charge in [-0.05, 0) is 25.7 Å². The Hall–Kier alpha value is -1.23. The quantitative estimate of drug-likeness (QED) is 0.847. The summed E-state index contributed by atoms with van der Waals surface area (Å²) in [6.07, 6.45) is 6.60. The number of benzene rings is 1. The second-order valence-corrected chi connectivity index (χ2v) is 5.80. The molecule has 0 bridgehead atoms. The maximum Gasteiger partial charge on any atom is 0.161 e. The zero-order valence-electron chi connectivity index (χ0n) is 11.2. The van der Waals surface area contributed by atoms with Crippen molar-refractivity contribution in [2.75, 3.05) is 11.9 Å². The number of anilines is 1. The van der Waals surface area contributed by atoms with Crippen molar-refractivity contribution in [3.05, 3.63) is 29.6 Å². The topological polar surface area (TPSA) is 21.3 Å². The van der Waals surface area contributed by atoms with Gasteiger partial charge in [0.1, 0.15) is 5.82 Å². The van der Waals surface area contributed by atoms with Crippen molar-refractivity contribution >= 4 is 5.69 Å². The molecule has 2 aliphatic rings. The molecule has 0 aromatic heterocycles. The smallest absolute Gasteiger partial charge is 0.161 e. The number of rotatable bonds is 3. The fourth-order valence-corrected chi connectivity index (χ4v) is 3.31. The third-order valence-electron chi connectivity index (χ3n) is 4.38. The summed E-state index contributed by atoms with van der Waals surface area (Å²) in [7, 11) is 0. The molecule has 3 rings (SSSR count). The third-order valence-corrected chi connectivity index (χ3v) is 4.38. The molecule has 1 N–H and O–H groups in total. The van der Waals surface area contributed by atoms with E-state index in [2.05, 4.69) is 5.32 Å². The highest BCUT2D eigenvalue weighted by Crippen LogP contribution is 2.43. The van der Waals surface area contributed by atoms with E-state index in [0.717, 1.165) is 31.7 Å². The van der Waals surface area contributed by atoms with Crippen molar-refractivity contribution in [2.45, 2.75) is 50.2 Å². The summed E-state index contributed by atoms with van der Waals surface area (Å²) in [6, 6.07) is 1.41. The van der Waals surface area contributed by atoms with Gasteiger partial charge in [0.2, 0.25) is 0 Å². The lowest BCUT2D eigenvalue weighted by Crippen LogP contribution is -2.28. The van der Waals surface area contributed by atoms with Crippen LogP contribution in [0.5, 0.6) is 0 Å². The minimum absolute atomic E-state index is 0.0140. The van der Waals surface area contributed by atoms with Gasteiger partial charge in [0.05, 0.1) is 17.4 Å². The first-order valence-electron chi connectivity index (χ1n) is 7.14. The van der Waals surface area contributed by atoms with Crippen LogP contribution in [-0.4, -0.2) is 18.2 Å². The molecule has 2 nitrogen and oxygen atoms in total. The standard InChI is InChI=1S/C15H18F3NO/c16-11-7-13(18)14(8-12(11)17)19-9-10-3-6-15(20-10)4-1-2-5-15/h7-8,10,19H,1-6,9H2. The molecule has 0 radical (unpaired) electrons. The Labute approximate surface area is 116 Å². The number of nitrogens with one attached hydrogen (secondary N) is 1. The molecule has 5 heteroatoms. The van der Waals surface area contributed by atoms with Crippen LogP contribution in [0.1, 0.15) is 38.5 Å². The maximum absolute atomic E-state index is 13.5. The average Bonchev–Trinajstić information content (AvgIpc) is 3.03. The van der Waals surface area contributed by atoms with E-state index in [4.69, 9.17) is 4.74 Å². The van der Waals surface area contributed by atoms with Gasteiger partial charge in [-0.1, -0.05) is 12.8 Å². The van der Waals surface area contributed by atoms with Gasteiger partial charge >= 0.3 is 0 Å². The van der Waals surface area contributed by atoms with Crippen molar-refractivity contribution in [2.24, 2.45) is 0 Å². The maximum atomic E-state index is 13.5. The van der Waals surface area contributed by atoms with Crippen LogP contribution in [0, 0.1) is 17.5 Å². The van der Waals surface area contributed by atoms with E-state index >= 15 is 0 Å². The molecular weight excluding hydrogens is 267 g/mol. The molecule has 1 unspecified atom stereocenters. The van der Waals surface area contributed by atoms with Crippen LogP contribution in [0.2, 0.25) is 0 Å².